The Hall–Kier alpha value is -3.54. The van der Waals surface area contributed by atoms with E-state index in [2.05, 4.69) is 10.6 Å². The van der Waals surface area contributed by atoms with E-state index in [1.807, 2.05) is 37.3 Å². The molecule has 0 spiro atoms. The molecule has 1 aliphatic rings. The van der Waals surface area contributed by atoms with E-state index in [9.17, 15) is 9.59 Å². The highest BCUT2D eigenvalue weighted by atomic mass is 16.5. The SMILES string of the molecule is Cc1ccc(C(=O)N[C@@H]2CCOc3ccccc32)cc1NC(=O)c1ccco1. The van der Waals surface area contributed by atoms with Crippen LogP contribution < -0.4 is 15.4 Å². The second-order valence-electron chi connectivity index (χ2n) is 6.66. The molecule has 1 atom stereocenters. The molecule has 2 amide bonds. The Morgan fingerprint density at radius 3 is 2.71 bits per heavy atom. The van der Waals surface area contributed by atoms with E-state index in [4.69, 9.17) is 9.15 Å². The van der Waals surface area contributed by atoms with Gasteiger partial charge in [0.2, 0.25) is 0 Å². The molecule has 0 saturated heterocycles. The number of nitrogens with one attached hydrogen (secondary N) is 2. The van der Waals surface area contributed by atoms with Crippen molar-refractivity contribution in [2.75, 3.05) is 11.9 Å². The molecule has 2 aromatic carbocycles. The number of hydrogen-bond donors (Lipinski definition) is 2. The van der Waals surface area contributed by atoms with Crippen molar-refractivity contribution in [2.24, 2.45) is 0 Å². The van der Waals surface area contributed by atoms with Crippen LogP contribution in [-0.2, 0) is 0 Å². The van der Waals surface area contributed by atoms with Crippen LogP contribution in [0.15, 0.2) is 65.3 Å². The molecule has 1 aliphatic heterocycles. The number of furan rings is 1. The number of aryl methyl sites for hydroxylation is 1. The molecule has 1 aromatic heterocycles. The van der Waals surface area contributed by atoms with Gasteiger partial charge < -0.3 is 19.8 Å². The fraction of sp³-hybridized carbons (Fsp3) is 0.182. The maximum Gasteiger partial charge on any atom is 0.291 e. The third-order valence-corrected chi connectivity index (χ3v) is 4.76. The maximum atomic E-state index is 12.8. The van der Waals surface area contributed by atoms with E-state index in [-0.39, 0.29) is 23.6 Å². The molecular formula is C22H20N2O4. The van der Waals surface area contributed by atoms with Crippen LogP contribution in [0, 0.1) is 6.92 Å². The van der Waals surface area contributed by atoms with Gasteiger partial charge in [0.15, 0.2) is 5.76 Å². The van der Waals surface area contributed by atoms with E-state index >= 15 is 0 Å². The van der Waals surface area contributed by atoms with Gasteiger partial charge in [-0.15, -0.1) is 0 Å². The van der Waals surface area contributed by atoms with Crippen LogP contribution in [0.1, 0.15) is 44.5 Å². The normalized spacial score (nSPS) is 15.2. The highest BCUT2D eigenvalue weighted by molar-refractivity contribution is 6.04. The summed E-state index contributed by atoms with van der Waals surface area (Å²) in [6, 6.07) is 16.1. The second-order valence-corrected chi connectivity index (χ2v) is 6.66. The minimum Gasteiger partial charge on any atom is -0.493 e. The Morgan fingerprint density at radius 2 is 1.89 bits per heavy atom. The van der Waals surface area contributed by atoms with E-state index in [0.29, 0.717) is 24.3 Å². The molecule has 0 bridgehead atoms. The number of anilines is 1. The summed E-state index contributed by atoms with van der Waals surface area (Å²) in [5.74, 6) is 0.460. The number of carbonyl (C=O) groups is 2. The molecule has 2 N–H and O–H groups in total. The smallest absolute Gasteiger partial charge is 0.291 e. The van der Waals surface area contributed by atoms with Crippen LogP contribution in [0.3, 0.4) is 0 Å². The van der Waals surface area contributed by atoms with Gasteiger partial charge in [-0.05, 0) is 42.8 Å². The van der Waals surface area contributed by atoms with E-state index in [1.165, 1.54) is 6.26 Å². The molecule has 0 radical (unpaired) electrons. The molecule has 6 heteroatoms. The summed E-state index contributed by atoms with van der Waals surface area (Å²) in [5, 5.41) is 5.86. The van der Waals surface area contributed by atoms with Crippen molar-refractivity contribution in [3.05, 3.63) is 83.3 Å². The Balaban J connectivity index is 1.52. The van der Waals surface area contributed by atoms with Gasteiger partial charge >= 0.3 is 0 Å². The molecule has 0 aliphatic carbocycles. The molecular weight excluding hydrogens is 356 g/mol. The van der Waals surface area contributed by atoms with Gasteiger partial charge in [-0.25, -0.2) is 0 Å². The number of para-hydroxylation sites is 1. The summed E-state index contributed by atoms with van der Waals surface area (Å²) in [6.45, 7) is 2.43. The van der Waals surface area contributed by atoms with Crippen LogP contribution in [0.25, 0.3) is 0 Å². The summed E-state index contributed by atoms with van der Waals surface area (Å²) in [6.07, 6.45) is 2.15. The highest BCUT2D eigenvalue weighted by Crippen LogP contribution is 2.31. The van der Waals surface area contributed by atoms with Gasteiger partial charge in [-0.3, -0.25) is 9.59 Å². The number of rotatable bonds is 4. The number of amides is 2. The lowest BCUT2D eigenvalue weighted by Gasteiger charge is -2.26. The average molecular weight is 376 g/mol. The van der Waals surface area contributed by atoms with E-state index in [0.717, 1.165) is 16.9 Å². The third kappa shape index (κ3) is 3.62. The molecule has 0 unspecified atom stereocenters. The predicted octanol–water partition coefficient (Wildman–Crippen LogP) is 4.09. The predicted molar refractivity (Wildman–Crippen MR) is 105 cm³/mol. The highest BCUT2D eigenvalue weighted by Gasteiger charge is 2.23. The van der Waals surface area contributed by atoms with Crippen molar-refractivity contribution in [2.45, 2.75) is 19.4 Å². The quantitative estimate of drug-likeness (QED) is 0.719. The topological polar surface area (TPSA) is 80.6 Å². The van der Waals surface area contributed by atoms with Crippen LogP contribution in [0.2, 0.25) is 0 Å². The Labute approximate surface area is 162 Å². The fourth-order valence-corrected chi connectivity index (χ4v) is 3.22. The van der Waals surface area contributed by atoms with Crippen molar-refractivity contribution >= 4 is 17.5 Å². The zero-order valence-corrected chi connectivity index (χ0v) is 15.4. The second kappa shape index (κ2) is 7.60. The van der Waals surface area contributed by atoms with Crippen molar-refractivity contribution in [3.63, 3.8) is 0 Å². The van der Waals surface area contributed by atoms with Gasteiger partial charge in [-0.2, -0.15) is 0 Å². The summed E-state index contributed by atoms with van der Waals surface area (Å²) in [5.41, 5.74) is 2.87. The average Bonchev–Trinajstić information content (AvgIpc) is 3.25. The van der Waals surface area contributed by atoms with E-state index in [1.54, 1.807) is 24.3 Å². The minimum absolute atomic E-state index is 0.111. The van der Waals surface area contributed by atoms with Crippen LogP contribution >= 0.6 is 0 Å². The number of hydrogen-bond acceptors (Lipinski definition) is 4. The monoisotopic (exact) mass is 376 g/mol. The minimum atomic E-state index is -0.357. The van der Waals surface area contributed by atoms with Crippen molar-refractivity contribution in [1.82, 2.24) is 5.32 Å². The van der Waals surface area contributed by atoms with Crippen LogP contribution in [0.4, 0.5) is 5.69 Å². The zero-order valence-electron chi connectivity index (χ0n) is 15.4. The first-order chi connectivity index (χ1) is 13.6. The van der Waals surface area contributed by atoms with Crippen molar-refractivity contribution < 1.29 is 18.7 Å². The molecule has 142 valence electrons. The summed E-state index contributed by atoms with van der Waals surface area (Å²) < 4.78 is 10.8. The first-order valence-corrected chi connectivity index (χ1v) is 9.10. The third-order valence-electron chi connectivity index (χ3n) is 4.76. The number of fused-ring (bicyclic) bond motifs is 1. The van der Waals surface area contributed by atoms with E-state index < -0.39 is 0 Å². The maximum absolute atomic E-state index is 12.8. The molecule has 4 rings (SSSR count). The summed E-state index contributed by atoms with van der Waals surface area (Å²) in [7, 11) is 0. The molecule has 2 heterocycles. The summed E-state index contributed by atoms with van der Waals surface area (Å²) in [4.78, 5) is 25.1. The number of carbonyl (C=O) groups excluding carboxylic acids is 2. The first kappa shape index (κ1) is 17.9. The van der Waals surface area contributed by atoms with Gasteiger partial charge in [0.05, 0.1) is 18.9 Å². The Bertz CT molecular complexity index is 1010. The lowest BCUT2D eigenvalue weighted by Crippen LogP contribution is -2.32. The van der Waals surface area contributed by atoms with Crippen LogP contribution in [0.5, 0.6) is 5.75 Å². The number of benzene rings is 2. The lowest BCUT2D eigenvalue weighted by molar-refractivity contribution is 0.0923. The summed E-state index contributed by atoms with van der Waals surface area (Å²) >= 11 is 0. The largest absolute Gasteiger partial charge is 0.493 e. The fourth-order valence-electron chi connectivity index (χ4n) is 3.22. The Kier molecular flexibility index (Phi) is 4.85. The molecule has 28 heavy (non-hydrogen) atoms. The molecule has 0 saturated carbocycles. The standard InChI is InChI=1S/C22H20N2O4/c1-14-8-9-15(13-18(14)24-22(26)20-7-4-11-27-20)21(25)23-17-10-12-28-19-6-3-2-5-16(17)19/h2-9,11,13,17H,10,12H2,1H3,(H,23,25)(H,24,26)/t17-/m1/s1. The van der Waals surface area contributed by atoms with Crippen molar-refractivity contribution in [3.8, 4) is 5.75 Å². The van der Waals surface area contributed by atoms with Crippen molar-refractivity contribution in [1.29, 1.82) is 0 Å². The van der Waals surface area contributed by atoms with Gasteiger partial charge in [0.1, 0.15) is 5.75 Å². The van der Waals surface area contributed by atoms with Gasteiger partial charge in [0.25, 0.3) is 11.8 Å². The number of ether oxygens (including phenoxy) is 1. The molecule has 3 aromatic rings. The van der Waals surface area contributed by atoms with Gasteiger partial charge in [-0.1, -0.05) is 24.3 Å². The zero-order chi connectivity index (χ0) is 19.5. The van der Waals surface area contributed by atoms with Gasteiger partial charge in [0, 0.05) is 23.2 Å². The molecule has 6 nitrogen and oxygen atoms in total. The lowest BCUT2D eigenvalue weighted by atomic mass is 10.00. The first-order valence-electron chi connectivity index (χ1n) is 9.10. The van der Waals surface area contributed by atoms with Crippen LogP contribution in [-0.4, -0.2) is 18.4 Å². The molecule has 0 fully saturated rings. The Morgan fingerprint density at radius 1 is 1.04 bits per heavy atom.